The van der Waals surface area contributed by atoms with Gasteiger partial charge in [0.15, 0.2) is 0 Å². The second kappa shape index (κ2) is 6.05. The molecule has 21 heavy (non-hydrogen) atoms. The third-order valence-electron chi connectivity index (χ3n) is 5.06. The van der Waals surface area contributed by atoms with Gasteiger partial charge in [-0.05, 0) is 39.0 Å². The lowest BCUT2D eigenvalue weighted by atomic mass is 9.75. The minimum atomic E-state index is -0.339. The van der Waals surface area contributed by atoms with Gasteiger partial charge in [-0.2, -0.15) is 4.98 Å². The van der Waals surface area contributed by atoms with Crippen molar-refractivity contribution in [2.24, 2.45) is 5.73 Å². The van der Waals surface area contributed by atoms with Gasteiger partial charge in [0.25, 0.3) is 0 Å². The van der Waals surface area contributed by atoms with Crippen LogP contribution in [0.25, 0.3) is 0 Å². The molecular weight excluding hydrogens is 266 g/mol. The van der Waals surface area contributed by atoms with Crippen LogP contribution in [0.3, 0.4) is 0 Å². The van der Waals surface area contributed by atoms with Crippen molar-refractivity contribution in [1.82, 2.24) is 10.1 Å². The zero-order chi connectivity index (χ0) is 14.8. The molecule has 5 heteroatoms. The van der Waals surface area contributed by atoms with Crippen molar-refractivity contribution in [3.63, 3.8) is 0 Å². The Labute approximate surface area is 126 Å². The molecule has 0 radical (unpaired) electrons. The summed E-state index contributed by atoms with van der Waals surface area (Å²) in [6, 6.07) is 0. The molecule has 118 valence electrons. The summed E-state index contributed by atoms with van der Waals surface area (Å²) in [6.45, 7) is 2.72. The average molecular weight is 293 g/mol. The monoisotopic (exact) mass is 293 g/mol. The van der Waals surface area contributed by atoms with Gasteiger partial charge in [-0.1, -0.05) is 30.8 Å². The van der Waals surface area contributed by atoms with Gasteiger partial charge in [-0.3, -0.25) is 0 Å². The predicted octanol–water partition coefficient (Wildman–Crippen LogP) is 3.08. The quantitative estimate of drug-likeness (QED) is 0.844. The molecule has 5 nitrogen and oxygen atoms in total. The molecule has 0 aliphatic heterocycles. The first kappa shape index (κ1) is 15.0. The SMILES string of the molecule is CCOC1(c2noc(CC3(N)CCC3)n2)CCCCCC1. The van der Waals surface area contributed by atoms with E-state index in [0.29, 0.717) is 18.9 Å². The molecule has 0 amide bonds. The predicted molar refractivity (Wildman–Crippen MR) is 79.8 cm³/mol. The third kappa shape index (κ3) is 3.14. The standard InChI is InChI=1S/C16H27N3O2/c1-2-20-16(10-5-3-4-6-11-16)14-18-13(21-19-14)12-15(17)8-7-9-15/h2-12,17H2,1H3. The molecule has 2 saturated carbocycles. The first-order valence-electron chi connectivity index (χ1n) is 8.42. The maximum absolute atomic E-state index is 6.28. The maximum Gasteiger partial charge on any atom is 0.228 e. The molecule has 1 heterocycles. The fourth-order valence-corrected chi connectivity index (χ4v) is 3.63. The van der Waals surface area contributed by atoms with Crippen LogP contribution < -0.4 is 5.73 Å². The molecule has 0 atom stereocenters. The zero-order valence-electron chi connectivity index (χ0n) is 13.1. The lowest BCUT2D eigenvalue weighted by molar-refractivity contribution is -0.0636. The first-order valence-corrected chi connectivity index (χ1v) is 8.42. The number of ether oxygens (including phenoxy) is 1. The van der Waals surface area contributed by atoms with Crippen molar-refractivity contribution >= 4 is 0 Å². The molecule has 2 N–H and O–H groups in total. The number of hydrogen-bond donors (Lipinski definition) is 1. The van der Waals surface area contributed by atoms with E-state index in [1.54, 1.807) is 0 Å². The Morgan fingerprint density at radius 2 is 1.81 bits per heavy atom. The molecule has 0 saturated heterocycles. The topological polar surface area (TPSA) is 74.2 Å². The van der Waals surface area contributed by atoms with Gasteiger partial charge in [0.1, 0.15) is 5.60 Å². The smallest absolute Gasteiger partial charge is 0.228 e. The van der Waals surface area contributed by atoms with E-state index in [0.717, 1.165) is 31.5 Å². The van der Waals surface area contributed by atoms with E-state index >= 15 is 0 Å². The molecular formula is C16H27N3O2. The average Bonchev–Trinajstić information content (AvgIpc) is 2.77. The maximum atomic E-state index is 6.28. The number of nitrogens with zero attached hydrogens (tertiary/aromatic N) is 2. The Morgan fingerprint density at radius 1 is 1.10 bits per heavy atom. The molecule has 0 spiro atoms. The van der Waals surface area contributed by atoms with E-state index in [1.807, 2.05) is 6.92 Å². The van der Waals surface area contributed by atoms with E-state index < -0.39 is 0 Å². The normalized spacial score (nSPS) is 24.3. The molecule has 2 fully saturated rings. The molecule has 1 aromatic rings. The summed E-state index contributed by atoms with van der Waals surface area (Å²) in [7, 11) is 0. The number of nitrogens with two attached hydrogens (primary N) is 1. The molecule has 2 aliphatic rings. The molecule has 0 bridgehead atoms. The highest BCUT2D eigenvalue weighted by atomic mass is 16.5. The highest BCUT2D eigenvalue weighted by molar-refractivity contribution is 5.06. The Bertz CT molecular complexity index is 460. The van der Waals surface area contributed by atoms with Gasteiger partial charge < -0.3 is 15.0 Å². The molecule has 3 rings (SSSR count). The summed E-state index contributed by atoms with van der Waals surface area (Å²) in [5.41, 5.74) is 5.82. The summed E-state index contributed by atoms with van der Waals surface area (Å²) in [6.07, 6.45) is 10.9. The van der Waals surface area contributed by atoms with Crippen LogP contribution in [0.1, 0.15) is 76.4 Å². The van der Waals surface area contributed by atoms with Crippen molar-refractivity contribution in [3.05, 3.63) is 11.7 Å². The number of rotatable bonds is 5. The van der Waals surface area contributed by atoms with Crippen molar-refractivity contribution in [1.29, 1.82) is 0 Å². The van der Waals surface area contributed by atoms with Crippen molar-refractivity contribution in [2.45, 2.75) is 82.3 Å². The largest absolute Gasteiger partial charge is 0.367 e. The Morgan fingerprint density at radius 3 is 2.38 bits per heavy atom. The second-order valence-corrected chi connectivity index (χ2v) is 6.75. The van der Waals surface area contributed by atoms with E-state index in [-0.39, 0.29) is 11.1 Å². The van der Waals surface area contributed by atoms with Gasteiger partial charge >= 0.3 is 0 Å². The first-order chi connectivity index (χ1) is 10.2. The lowest BCUT2D eigenvalue weighted by Crippen LogP contribution is -2.48. The summed E-state index contributed by atoms with van der Waals surface area (Å²) < 4.78 is 11.6. The van der Waals surface area contributed by atoms with Crippen molar-refractivity contribution in [3.8, 4) is 0 Å². The van der Waals surface area contributed by atoms with Crippen LogP contribution >= 0.6 is 0 Å². The number of aromatic nitrogens is 2. The summed E-state index contributed by atoms with van der Waals surface area (Å²) in [4.78, 5) is 4.65. The minimum absolute atomic E-state index is 0.119. The molecule has 0 aromatic carbocycles. The highest BCUT2D eigenvalue weighted by Crippen LogP contribution is 2.38. The van der Waals surface area contributed by atoms with Gasteiger partial charge in [-0.15, -0.1) is 0 Å². The highest BCUT2D eigenvalue weighted by Gasteiger charge is 2.40. The van der Waals surface area contributed by atoms with Gasteiger partial charge in [0.05, 0.1) is 0 Å². The van der Waals surface area contributed by atoms with Crippen LogP contribution in [-0.4, -0.2) is 22.3 Å². The third-order valence-corrected chi connectivity index (χ3v) is 5.06. The van der Waals surface area contributed by atoms with Crippen LogP contribution in [0.5, 0.6) is 0 Å². The summed E-state index contributed by atoms with van der Waals surface area (Å²) in [5, 5.41) is 4.25. The summed E-state index contributed by atoms with van der Waals surface area (Å²) in [5.74, 6) is 1.42. The van der Waals surface area contributed by atoms with Crippen LogP contribution in [0, 0.1) is 0 Å². The number of hydrogen-bond acceptors (Lipinski definition) is 5. The fourth-order valence-electron chi connectivity index (χ4n) is 3.63. The van der Waals surface area contributed by atoms with Gasteiger partial charge in [-0.25, -0.2) is 0 Å². The minimum Gasteiger partial charge on any atom is -0.367 e. The summed E-state index contributed by atoms with van der Waals surface area (Å²) >= 11 is 0. The molecule has 0 unspecified atom stereocenters. The van der Waals surface area contributed by atoms with Crippen LogP contribution in [0.15, 0.2) is 4.52 Å². The van der Waals surface area contributed by atoms with Crippen molar-refractivity contribution < 1.29 is 9.26 Å². The van der Waals surface area contributed by atoms with Crippen LogP contribution in [0.4, 0.5) is 0 Å². The zero-order valence-corrected chi connectivity index (χ0v) is 13.1. The van der Waals surface area contributed by atoms with Gasteiger partial charge in [0.2, 0.25) is 11.7 Å². The molecule has 2 aliphatic carbocycles. The Balaban J connectivity index is 1.77. The Hall–Kier alpha value is -0.940. The second-order valence-electron chi connectivity index (χ2n) is 6.75. The van der Waals surface area contributed by atoms with E-state index in [9.17, 15) is 0 Å². The van der Waals surface area contributed by atoms with Crippen LogP contribution in [-0.2, 0) is 16.8 Å². The molecule has 1 aromatic heterocycles. The van der Waals surface area contributed by atoms with Gasteiger partial charge in [0, 0.05) is 18.6 Å². The van der Waals surface area contributed by atoms with E-state index in [2.05, 4.69) is 10.1 Å². The Kier molecular flexibility index (Phi) is 4.31. The van der Waals surface area contributed by atoms with E-state index in [4.69, 9.17) is 15.0 Å². The van der Waals surface area contributed by atoms with Crippen LogP contribution in [0.2, 0.25) is 0 Å². The lowest BCUT2D eigenvalue weighted by Gasteiger charge is -2.36. The fraction of sp³-hybridized carbons (Fsp3) is 0.875. The van der Waals surface area contributed by atoms with E-state index in [1.165, 1.54) is 32.1 Å². The van der Waals surface area contributed by atoms with Crippen molar-refractivity contribution in [2.75, 3.05) is 6.61 Å².